The molecular weight excluding hydrogens is 199 g/mol. The van der Waals surface area contributed by atoms with Crippen molar-refractivity contribution in [2.75, 3.05) is 13.2 Å². The van der Waals surface area contributed by atoms with Crippen LogP contribution in [0.25, 0.3) is 0 Å². The third-order valence-electron chi connectivity index (χ3n) is 2.40. The summed E-state index contributed by atoms with van der Waals surface area (Å²) in [5.41, 5.74) is 4.27. The van der Waals surface area contributed by atoms with E-state index in [1.807, 2.05) is 0 Å². The summed E-state index contributed by atoms with van der Waals surface area (Å²) in [6.07, 6.45) is -0.136. The number of ether oxygens (including phenoxy) is 1. The van der Waals surface area contributed by atoms with Gasteiger partial charge in [0.2, 0.25) is 0 Å². The lowest BCUT2D eigenvalue weighted by atomic mass is 9.97. The molecule has 1 heterocycles. The Hall–Kier alpha value is -0.680. The molecule has 2 unspecified atom stereocenters. The Morgan fingerprint density at radius 3 is 2.67 bits per heavy atom. The highest BCUT2D eigenvalue weighted by atomic mass is 19.1. The fourth-order valence-corrected chi connectivity index (χ4v) is 1.32. The summed E-state index contributed by atoms with van der Waals surface area (Å²) in [6, 6.07) is 0. The van der Waals surface area contributed by atoms with Gasteiger partial charge in [0.05, 0.1) is 11.0 Å². The third-order valence-corrected chi connectivity index (χ3v) is 2.40. The second kappa shape index (κ2) is 4.06. The Morgan fingerprint density at radius 1 is 1.67 bits per heavy atom. The highest BCUT2D eigenvalue weighted by molar-refractivity contribution is 5.75. The molecule has 0 aromatic rings. The molecule has 2 atom stereocenters. The number of rotatable bonds is 2. The van der Waals surface area contributed by atoms with Gasteiger partial charge in [0.25, 0.3) is 0 Å². The number of nitrogens with one attached hydrogen (secondary N) is 1. The van der Waals surface area contributed by atoms with Gasteiger partial charge in [-0.1, -0.05) is 0 Å². The molecule has 4 nitrogen and oxygen atoms in total. The van der Waals surface area contributed by atoms with E-state index in [0.717, 1.165) is 0 Å². The van der Waals surface area contributed by atoms with E-state index in [1.54, 1.807) is 20.8 Å². The number of carbonyl (C=O) groups is 1. The van der Waals surface area contributed by atoms with Gasteiger partial charge in [-0.05, 0) is 20.8 Å². The van der Waals surface area contributed by atoms with Gasteiger partial charge >= 0.3 is 5.97 Å². The van der Waals surface area contributed by atoms with Crippen LogP contribution in [0.15, 0.2) is 0 Å². The number of hydrogen-bond acceptors (Lipinski definition) is 4. The normalized spacial score (nSPS) is 31.7. The highest BCUT2D eigenvalue weighted by Crippen LogP contribution is 2.22. The van der Waals surface area contributed by atoms with Gasteiger partial charge in [0.15, 0.2) is 6.23 Å². The summed E-state index contributed by atoms with van der Waals surface area (Å²) in [7, 11) is 0. The van der Waals surface area contributed by atoms with E-state index in [0.29, 0.717) is 13.0 Å². The first-order valence-corrected chi connectivity index (χ1v) is 5.06. The zero-order valence-corrected chi connectivity index (χ0v) is 9.47. The monoisotopic (exact) mass is 218 g/mol. The van der Waals surface area contributed by atoms with E-state index in [-0.39, 0.29) is 5.97 Å². The van der Waals surface area contributed by atoms with Crippen molar-refractivity contribution >= 4 is 5.97 Å². The SMILES string of the molecule is CC(C)(C)C(=O)OC1CC(N)(CF)CN1. The zero-order chi connectivity index (χ0) is 11.7. The summed E-state index contributed by atoms with van der Waals surface area (Å²) < 4.78 is 17.7. The largest absolute Gasteiger partial charge is 0.446 e. The molecule has 1 saturated heterocycles. The molecule has 3 N–H and O–H groups in total. The van der Waals surface area contributed by atoms with Crippen LogP contribution in [0, 0.1) is 5.41 Å². The van der Waals surface area contributed by atoms with Crippen LogP contribution in [-0.4, -0.2) is 31.0 Å². The van der Waals surface area contributed by atoms with Gasteiger partial charge in [-0.15, -0.1) is 0 Å². The molecule has 1 aliphatic rings. The van der Waals surface area contributed by atoms with Crippen molar-refractivity contribution in [2.24, 2.45) is 11.1 Å². The maximum Gasteiger partial charge on any atom is 0.312 e. The van der Waals surface area contributed by atoms with Crippen molar-refractivity contribution in [2.45, 2.75) is 39.0 Å². The standard InChI is InChI=1S/C10H19FN2O2/c1-9(2,3)8(14)15-7-4-10(12,5-11)6-13-7/h7,13H,4-6,12H2,1-3H3. The highest BCUT2D eigenvalue weighted by Gasteiger charge is 2.38. The lowest BCUT2D eigenvalue weighted by Gasteiger charge is -2.21. The molecule has 0 aliphatic carbocycles. The van der Waals surface area contributed by atoms with Crippen molar-refractivity contribution in [1.29, 1.82) is 0 Å². The Bertz CT molecular complexity index is 252. The second-order valence-electron chi connectivity index (χ2n) is 5.22. The summed E-state index contributed by atoms with van der Waals surface area (Å²) in [5.74, 6) is -0.303. The predicted molar refractivity (Wildman–Crippen MR) is 54.8 cm³/mol. The second-order valence-corrected chi connectivity index (χ2v) is 5.22. The average Bonchev–Trinajstić information content (AvgIpc) is 2.47. The van der Waals surface area contributed by atoms with E-state index in [2.05, 4.69) is 5.32 Å². The van der Waals surface area contributed by atoms with Crippen LogP contribution in [0.3, 0.4) is 0 Å². The number of carbonyl (C=O) groups excluding carboxylic acids is 1. The van der Waals surface area contributed by atoms with Crippen LogP contribution in [0.1, 0.15) is 27.2 Å². The molecule has 1 rings (SSSR count). The van der Waals surface area contributed by atoms with Crippen LogP contribution < -0.4 is 11.1 Å². The Labute approximate surface area is 89.3 Å². The summed E-state index contributed by atoms with van der Waals surface area (Å²) in [5, 5.41) is 2.89. The number of halogens is 1. The van der Waals surface area contributed by atoms with Crippen molar-refractivity contribution in [1.82, 2.24) is 5.32 Å². The Balaban J connectivity index is 2.47. The fraction of sp³-hybridized carbons (Fsp3) is 0.900. The van der Waals surface area contributed by atoms with Gasteiger partial charge in [-0.3, -0.25) is 10.1 Å². The molecule has 15 heavy (non-hydrogen) atoms. The maximum absolute atomic E-state index is 12.5. The minimum atomic E-state index is -0.886. The van der Waals surface area contributed by atoms with Gasteiger partial charge in [0, 0.05) is 13.0 Å². The van der Waals surface area contributed by atoms with Gasteiger partial charge in [-0.25, -0.2) is 4.39 Å². The molecule has 0 spiro atoms. The predicted octanol–water partition coefficient (Wildman–Crippen LogP) is 0.562. The summed E-state index contributed by atoms with van der Waals surface area (Å²) >= 11 is 0. The van der Waals surface area contributed by atoms with Crippen LogP contribution in [-0.2, 0) is 9.53 Å². The minimum Gasteiger partial charge on any atom is -0.446 e. The topological polar surface area (TPSA) is 64.3 Å². The smallest absolute Gasteiger partial charge is 0.312 e. The van der Waals surface area contributed by atoms with Gasteiger partial charge in [0.1, 0.15) is 6.67 Å². The molecular formula is C10H19FN2O2. The summed E-state index contributed by atoms with van der Waals surface area (Å²) in [6.45, 7) is 5.05. The Kier molecular flexibility index (Phi) is 3.35. The summed E-state index contributed by atoms with van der Waals surface area (Å²) in [4.78, 5) is 11.5. The van der Waals surface area contributed by atoms with E-state index in [9.17, 15) is 9.18 Å². The van der Waals surface area contributed by atoms with Crippen molar-refractivity contribution < 1.29 is 13.9 Å². The molecule has 1 aliphatic heterocycles. The van der Waals surface area contributed by atoms with Crippen LogP contribution in [0.4, 0.5) is 4.39 Å². The third kappa shape index (κ3) is 3.14. The van der Waals surface area contributed by atoms with Crippen LogP contribution in [0.5, 0.6) is 0 Å². The van der Waals surface area contributed by atoms with E-state index < -0.39 is 23.9 Å². The molecule has 88 valence electrons. The molecule has 0 amide bonds. The van der Waals surface area contributed by atoms with E-state index in [4.69, 9.17) is 10.5 Å². The number of nitrogens with two attached hydrogens (primary N) is 1. The lowest BCUT2D eigenvalue weighted by molar-refractivity contribution is -0.159. The van der Waals surface area contributed by atoms with E-state index in [1.165, 1.54) is 0 Å². The van der Waals surface area contributed by atoms with Gasteiger partial charge < -0.3 is 10.5 Å². The molecule has 0 aromatic heterocycles. The molecule has 5 heteroatoms. The minimum absolute atomic E-state index is 0.303. The quantitative estimate of drug-likeness (QED) is 0.665. The fourth-order valence-electron chi connectivity index (χ4n) is 1.32. The zero-order valence-electron chi connectivity index (χ0n) is 9.47. The van der Waals surface area contributed by atoms with Crippen molar-refractivity contribution in [3.8, 4) is 0 Å². The average molecular weight is 218 g/mol. The van der Waals surface area contributed by atoms with Crippen LogP contribution >= 0.6 is 0 Å². The maximum atomic E-state index is 12.5. The van der Waals surface area contributed by atoms with Gasteiger partial charge in [-0.2, -0.15) is 0 Å². The lowest BCUT2D eigenvalue weighted by Crippen LogP contribution is -2.44. The molecule has 0 saturated carbocycles. The molecule has 0 bridgehead atoms. The first-order chi connectivity index (χ1) is 6.77. The van der Waals surface area contributed by atoms with Crippen LogP contribution in [0.2, 0.25) is 0 Å². The number of esters is 1. The van der Waals surface area contributed by atoms with E-state index >= 15 is 0 Å². The first kappa shape index (κ1) is 12.4. The van der Waals surface area contributed by atoms with Crippen molar-refractivity contribution in [3.63, 3.8) is 0 Å². The number of hydrogen-bond donors (Lipinski definition) is 2. The molecule has 0 radical (unpaired) electrons. The first-order valence-electron chi connectivity index (χ1n) is 5.06. The molecule has 0 aromatic carbocycles. The van der Waals surface area contributed by atoms with Crippen molar-refractivity contribution in [3.05, 3.63) is 0 Å². The molecule has 1 fully saturated rings. The Morgan fingerprint density at radius 2 is 2.27 bits per heavy atom. The number of alkyl halides is 1.